The molecule has 0 aliphatic carbocycles. The second kappa shape index (κ2) is 13.4. The Labute approximate surface area is 273 Å². The number of hydrogen-bond acceptors (Lipinski definition) is 7. The number of fused-ring (bicyclic) bond motifs is 1. The molecule has 1 amide bonds. The fourth-order valence-corrected chi connectivity index (χ4v) is 6.23. The van der Waals surface area contributed by atoms with Gasteiger partial charge in [0, 0.05) is 51.2 Å². The van der Waals surface area contributed by atoms with E-state index in [9.17, 15) is 4.79 Å². The molecular weight excluding hydrogens is 595 g/mol. The third-order valence-corrected chi connectivity index (χ3v) is 9.91. The smallest absolute Gasteiger partial charge is 0.410 e. The van der Waals surface area contributed by atoms with Crippen LogP contribution in [0, 0.1) is 13.8 Å². The van der Waals surface area contributed by atoms with Crippen LogP contribution in [0.4, 0.5) is 4.79 Å². The maximum absolute atomic E-state index is 12.7. The Bertz CT molecular complexity index is 1770. The highest BCUT2D eigenvalue weighted by Gasteiger charge is 2.27. The summed E-state index contributed by atoms with van der Waals surface area (Å²) in [6, 6.07) is 13.3. The van der Waals surface area contributed by atoms with E-state index in [2.05, 4.69) is 57.8 Å². The SMILES string of the molecule is COc1cc2c(nc1-c1cccc(C)c1C)c(-c1cccnc1C1=CCN(C(=O)OC(C)(C)C)CC1)nn2COCC[Si](C)(C)C. The maximum Gasteiger partial charge on any atom is 0.410 e. The summed E-state index contributed by atoms with van der Waals surface area (Å²) < 4.78 is 19.6. The molecule has 0 N–H and O–H groups in total. The van der Waals surface area contributed by atoms with E-state index < -0.39 is 13.7 Å². The molecule has 244 valence electrons. The molecule has 0 saturated heterocycles. The van der Waals surface area contributed by atoms with Crippen molar-refractivity contribution in [2.75, 3.05) is 26.8 Å². The van der Waals surface area contributed by atoms with Gasteiger partial charge in [0.2, 0.25) is 0 Å². The zero-order chi connectivity index (χ0) is 33.2. The van der Waals surface area contributed by atoms with Gasteiger partial charge in [-0.1, -0.05) is 43.9 Å². The molecule has 0 atom stereocenters. The molecule has 1 aliphatic heterocycles. The van der Waals surface area contributed by atoms with Crippen LogP contribution < -0.4 is 4.74 Å². The number of amides is 1. The van der Waals surface area contributed by atoms with E-state index in [1.165, 1.54) is 5.56 Å². The van der Waals surface area contributed by atoms with Gasteiger partial charge in [0.05, 0.1) is 18.3 Å². The minimum Gasteiger partial charge on any atom is -0.494 e. The van der Waals surface area contributed by atoms with Crippen LogP contribution in [0.5, 0.6) is 5.75 Å². The minimum absolute atomic E-state index is 0.303. The number of hydrogen-bond donors (Lipinski definition) is 0. The average Bonchev–Trinajstić information content (AvgIpc) is 3.36. The number of aromatic nitrogens is 4. The minimum atomic E-state index is -1.25. The summed E-state index contributed by atoms with van der Waals surface area (Å²) in [5.74, 6) is 0.680. The topological polar surface area (TPSA) is 91.6 Å². The van der Waals surface area contributed by atoms with Crippen LogP contribution in [-0.2, 0) is 16.2 Å². The van der Waals surface area contributed by atoms with Gasteiger partial charge >= 0.3 is 6.09 Å². The molecule has 10 heteroatoms. The monoisotopic (exact) mass is 641 g/mol. The first-order chi connectivity index (χ1) is 21.8. The van der Waals surface area contributed by atoms with Gasteiger partial charge in [-0.05, 0) is 75.9 Å². The Morgan fingerprint density at radius 3 is 2.46 bits per heavy atom. The van der Waals surface area contributed by atoms with Crippen molar-refractivity contribution in [3.05, 3.63) is 65.5 Å². The van der Waals surface area contributed by atoms with Crippen LogP contribution in [0.25, 0.3) is 39.1 Å². The molecule has 4 aromatic rings. The first-order valence-corrected chi connectivity index (χ1v) is 19.7. The van der Waals surface area contributed by atoms with Crippen molar-refractivity contribution < 1.29 is 19.0 Å². The van der Waals surface area contributed by atoms with E-state index in [-0.39, 0.29) is 6.09 Å². The van der Waals surface area contributed by atoms with Gasteiger partial charge in [0.1, 0.15) is 35.0 Å². The predicted octanol–water partition coefficient (Wildman–Crippen LogP) is 8.12. The number of rotatable bonds is 9. The Balaban J connectivity index is 1.60. The van der Waals surface area contributed by atoms with E-state index in [0.717, 1.165) is 56.4 Å². The lowest BCUT2D eigenvalue weighted by Gasteiger charge is -2.29. The average molecular weight is 642 g/mol. The van der Waals surface area contributed by atoms with Crippen molar-refractivity contribution in [2.45, 2.75) is 79.1 Å². The Hall–Kier alpha value is -4.02. The van der Waals surface area contributed by atoms with Crippen LogP contribution in [0.15, 0.2) is 48.7 Å². The summed E-state index contributed by atoms with van der Waals surface area (Å²) in [5, 5.41) is 5.12. The molecule has 4 heterocycles. The quantitative estimate of drug-likeness (QED) is 0.135. The highest BCUT2D eigenvalue weighted by Crippen LogP contribution is 2.39. The lowest BCUT2D eigenvalue weighted by atomic mass is 9.97. The molecule has 0 saturated carbocycles. The van der Waals surface area contributed by atoms with Gasteiger partial charge in [-0.25, -0.2) is 14.5 Å². The first kappa shape index (κ1) is 33.3. The van der Waals surface area contributed by atoms with Crippen molar-refractivity contribution in [3.8, 4) is 28.3 Å². The third kappa shape index (κ3) is 7.50. The first-order valence-electron chi connectivity index (χ1n) is 16.0. The largest absolute Gasteiger partial charge is 0.494 e. The normalized spacial score (nSPS) is 14.0. The summed E-state index contributed by atoms with van der Waals surface area (Å²) in [6.45, 7) is 18.9. The molecule has 1 aliphatic rings. The molecule has 46 heavy (non-hydrogen) atoms. The summed E-state index contributed by atoms with van der Waals surface area (Å²) >= 11 is 0. The number of benzene rings is 1. The Morgan fingerprint density at radius 2 is 1.78 bits per heavy atom. The van der Waals surface area contributed by atoms with Crippen LogP contribution in [0.1, 0.15) is 44.0 Å². The fraction of sp³-hybridized carbons (Fsp3) is 0.444. The summed E-state index contributed by atoms with van der Waals surface area (Å²) in [4.78, 5) is 24.5. The highest BCUT2D eigenvalue weighted by atomic mass is 28.3. The van der Waals surface area contributed by atoms with Gasteiger partial charge in [-0.15, -0.1) is 0 Å². The second-order valence-electron chi connectivity index (χ2n) is 14.2. The maximum atomic E-state index is 12.7. The lowest BCUT2D eigenvalue weighted by Crippen LogP contribution is -2.39. The number of nitrogens with zero attached hydrogens (tertiary/aromatic N) is 5. The molecule has 0 bridgehead atoms. The highest BCUT2D eigenvalue weighted by molar-refractivity contribution is 6.76. The number of aryl methyl sites for hydroxylation is 1. The summed E-state index contributed by atoms with van der Waals surface area (Å²) in [6.07, 6.45) is 4.21. The fourth-order valence-electron chi connectivity index (χ4n) is 5.47. The molecule has 0 radical (unpaired) electrons. The van der Waals surface area contributed by atoms with Crippen molar-refractivity contribution in [3.63, 3.8) is 0 Å². The summed E-state index contributed by atoms with van der Waals surface area (Å²) in [7, 11) is 0.428. The molecule has 5 rings (SSSR count). The third-order valence-electron chi connectivity index (χ3n) is 8.21. The van der Waals surface area contributed by atoms with Gasteiger partial charge in [-0.3, -0.25) is 4.98 Å². The number of methoxy groups -OCH3 is 1. The molecule has 3 aromatic heterocycles. The zero-order valence-electron chi connectivity index (χ0n) is 28.7. The van der Waals surface area contributed by atoms with E-state index in [1.807, 2.05) is 43.7 Å². The van der Waals surface area contributed by atoms with Gasteiger partial charge in [-0.2, -0.15) is 5.10 Å². The van der Waals surface area contributed by atoms with Crippen LogP contribution in [0.3, 0.4) is 0 Å². The predicted molar refractivity (Wildman–Crippen MR) is 187 cm³/mol. The molecule has 0 fully saturated rings. The van der Waals surface area contributed by atoms with Gasteiger partial charge < -0.3 is 19.1 Å². The van der Waals surface area contributed by atoms with Crippen LogP contribution in [-0.4, -0.2) is 71.2 Å². The molecule has 9 nitrogen and oxygen atoms in total. The molecular formula is C36H47N5O4Si. The lowest BCUT2D eigenvalue weighted by molar-refractivity contribution is 0.0270. The Morgan fingerprint density at radius 1 is 1.02 bits per heavy atom. The number of carbonyl (C=O) groups is 1. The number of pyridine rings is 2. The van der Waals surface area contributed by atoms with E-state index >= 15 is 0 Å². The van der Waals surface area contributed by atoms with E-state index in [0.29, 0.717) is 38.6 Å². The number of carbonyl (C=O) groups excluding carboxylic acids is 1. The molecule has 0 spiro atoms. The second-order valence-corrected chi connectivity index (χ2v) is 19.8. The zero-order valence-corrected chi connectivity index (χ0v) is 29.7. The summed E-state index contributed by atoms with van der Waals surface area (Å²) in [5.41, 5.74) is 8.69. The molecule has 1 aromatic carbocycles. The van der Waals surface area contributed by atoms with Gasteiger partial charge in [0.25, 0.3) is 0 Å². The van der Waals surface area contributed by atoms with Crippen LogP contribution in [0.2, 0.25) is 25.7 Å². The van der Waals surface area contributed by atoms with Crippen molar-refractivity contribution >= 4 is 30.8 Å². The van der Waals surface area contributed by atoms with E-state index in [1.54, 1.807) is 18.2 Å². The van der Waals surface area contributed by atoms with Crippen molar-refractivity contribution in [1.29, 1.82) is 0 Å². The van der Waals surface area contributed by atoms with Crippen molar-refractivity contribution in [2.24, 2.45) is 0 Å². The Kier molecular flexibility index (Phi) is 9.69. The van der Waals surface area contributed by atoms with Crippen LogP contribution >= 0.6 is 0 Å². The van der Waals surface area contributed by atoms with E-state index in [4.69, 9.17) is 29.3 Å². The number of ether oxygens (including phenoxy) is 3. The standard InChI is InChI=1S/C36H47N5O4Si/c1-24-12-10-13-27(25(24)2)32-30(43-6)22-29-34(38-32)33(39-41(29)23-44-20-21-46(7,8)9)28-14-11-17-37-31(28)26-15-18-40(19-16-26)35(42)45-36(3,4)5/h10-15,17,22H,16,18-21,23H2,1-9H3. The molecule has 0 unspecified atom stereocenters. The van der Waals surface area contributed by atoms with Crippen molar-refractivity contribution in [1.82, 2.24) is 24.6 Å². The van der Waals surface area contributed by atoms with Gasteiger partial charge in [0.15, 0.2) is 0 Å².